The molecule has 0 radical (unpaired) electrons. The zero-order valence-corrected chi connectivity index (χ0v) is 33.7. The van der Waals surface area contributed by atoms with Crippen molar-refractivity contribution < 1.29 is 63.6 Å². The van der Waals surface area contributed by atoms with Crippen LogP contribution < -0.4 is 0 Å². The summed E-state index contributed by atoms with van der Waals surface area (Å²) in [6.45, 7) is 16.1. The molecule has 0 aromatic rings. The van der Waals surface area contributed by atoms with Gasteiger partial charge < -0.3 is 49.2 Å². The van der Waals surface area contributed by atoms with Crippen LogP contribution in [0.3, 0.4) is 0 Å². The number of carbonyl (C=O) groups excluding carboxylic acids is 2. The predicted molar refractivity (Wildman–Crippen MR) is 201 cm³/mol. The van der Waals surface area contributed by atoms with E-state index < -0.39 is 78.3 Å². The molecule has 0 unspecified atom stereocenters. The number of hydrogen-bond acceptors (Lipinski definition) is 12. The van der Waals surface area contributed by atoms with Gasteiger partial charge in [0.25, 0.3) is 0 Å². The van der Waals surface area contributed by atoms with Gasteiger partial charge in [-0.05, 0) is 45.6 Å². The number of aliphatic hydroxyl groups is 4. The first-order valence-corrected chi connectivity index (χ1v) is 18.8. The molecule has 0 spiro atoms. The molecule has 13 heteroatoms. The van der Waals surface area contributed by atoms with Crippen LogP contribution in [0.2, 0.25) is 0 Å². The molecule has 2 rings (SSSR count). The van der Waals surface area contributed by atoms with Gasteiger partial charge in [0, 0.05) is 55.3 Å². The minimum absolute atomic E-state index is 0.139. The lowest BCUT2D eigenvalue weighted by Crippen LogP contribution is -2.58. The minimum atomic E-state index is -2.00. The lowest BCUT2D eigenvalue weighted by Gasteiger charge is -2.48. The van der Waals surface area contributed by atoms with Crippen LogP contribution >= 0.6 is 0 Å². The molecular formula is C41H64O13. The van der Waals surface area contributed by atoms with E-state index in [0.29, 0.717) is 24.5 Å². The maximum Gasteiger partial charge on any atom is 0.373 e. The molecule has 13 nitrogen and oxygen atoms in total. The van der Waals surface area contributed by atoms with Gasteiger partial charge in [-0.2, -0.15) is 0 Å². The molecule has 2 aliphatic rings. The van der Waals surface area contributed by atoms with Crippen molar-refractivity contribution in [2.24, 2.45) is 35.5 Å². The number of aliphatic hydroxyl groups excluding tert-OH is 3. The molecule has 14 atom stereocenters. The van der Waals surface area contributed by atoms with Gasteiger partial charge >= 0.3 is 17.9 Å². The summed E-state index contributed by atoms with van der Waals surface area (Å²) in [6.07, 6.45) is 4.45. The van der Waals surface area contributed by atoms with E-state index in [1.54, 1.807) is 52.8 Å². The molecule has 0 aromatic carbocycles. The Morgan fingerprint density at radius 1 is 1.07 bits per heavy atom. The third-order valence-corrected chi connectivity index (χ3v) is 11.1. The highest BCUT2D eigenvalue weighted by Crippen LogP contribution is 2.41. The number of carboxylic acid groups (broad SMARTS) is 1. The number of methoxy groups -OCH3 is 2. The number of carbonyl (C=O) groups is 3. The first-order valence-electron chi connectivity index (χ1n) is 18.8. The number of carboxylic acids is 1. The molecule has 54 heavy (non-hydrogen) atoms. The van der Waals surface area contributed by atoms with Crippen molar-refractivity contribution in [3.63, 3.8) is 0 Å². The SMILES string of the molecule is CC[C@@H]1[C@H](O)[C@@H](C)C=C(C)C=C(OC)C(=O)O[C@H]([C@H](C)[C@@H](O)[C@@H](C)[C@@]2(O)C[C@@H](OC(=O)/C=C/C(=O)O)[C@@H](C)[C@@H](C)O2)[C@H](OC)C=CC=C(C)C[C@H](C)[C@H]1O. The second-order valence-electron chi connectivity index (χ2n) is 15.2. The van der Waals surface area contributed by atoms with E-state index in [9.17, 15) is 34.8 Å². The van der Waals surface area contributed by atoms with E-state index in [0.717, 1.165) is 11.6 Å². The van der Waals surface area contributed by atoms with Gasteiger partial charge in [0.1, 0.15) is 18.3 Å². The zero-order chi connectivity index (χ0) is 41.1. The van der Waals surface area contributed by atoms with Crippen molar-refractivity contribution in [3.8, 4) is 0 Å². The van der Waals surface area contributed by atoms with E-state index in [1.807, 2.05) is 33.8 Å². The number of allylic oxidation sites excluding steroid dienone is 5. The normalized spacial score (nSPS) is 35.3. The van der Waals surface area contributed by atoms with Gasteiger partial charge in [-0.1, -0.05) is 77.0 Å². The fraction of sp³-hybridized carbons (Fsp3) is 0.683. The van der Waals surface area contributed by atoms with Crippen molar-refractivity contribution in [2.75, 3.05) is 14.2 Å². The minimum Gasteiger partial charge on any atom is -0.490 e. The lowest BCUT2D eigenvalue weighted by atomic mass is 9.77. The summed E-state index contributed by atoms with van der Waals surface area (Å²) in [6, 6.07) is 0. The standard InChI is InChI=1S/C41H64O13/c1-12-30-36(45)24(4)18-22(2)14-13-15-31(50-10)39(53-40(48)32(51-11)20-23(3)19-25(5)37(30)46)27(7)38(47)28(8)41(49)21-33(26(6)29(9)54-41)52-35(44)17-16-34(42)43/h13-17,19-20,24-31,33,36-39,45-47,49H,12,18,21H2,1-11H3,(H,42,43)/b15-13?,17-16+,22-14?,23-19?,32-20?/t24-,25-,26-,27+,28+,29+,30-,31+,33+,36+,37+,38+,39+,41+/m0/s1. The van der Waals surface area contributed by atoms with Gasteiger partial charge in [-0.15, -0.1) is 0 Å². The Kier molecular flexibility index (Phi) is 18.3. The fourth-order valence-corrected chi connectivity index (χ4v) is 7.41. The van der Waals surface area contributed by atoms with E-state index in [1.165, 1.54) is 20.3 Å². The Hall–Kier alpha value is -3.33. The molecule has 1 saturated heterocycles. The zero-order valence-electron chi connectivity index (χ0n) is 33.7. The Bertz CT molecular complexity index is 1410. The van der Waals surface area contributed by atoms with Crippen molar-refractivity contribution in [1.29, 1.82) is 0 Å². The van der Waals surface area contributed by atoms with Gasteiger partial charge in [0.15, 0.2) is 5.79 Å². The molecule has 2 aliphatic heterocycles. The molecule has 2 heterocycles. The summed E-state index contributed by atoms with van der Waals surface area (Å²) in [4.78, 5) is 37.0. The van der Waals surface area contributed by atoms with Crippen LogP contribution in [-0.4, -0.2) is 106 Å². The quantitative estimate of drug-likeness (QED) is 0.153. The molecular weight excluding hydrogens is 700 g/mol. The third-order valence-electron chi connectivity index (χ3n) is 11.1. The highest BCUT2D eigenvalue weighted by Gasteiger charge is 2.51. The Morgan fingerprint density at radius 3 is 2.30 bits per heavy atom. The molecule has 5 N–H and O–H groups in total. The summed E-state index contributed by atoms with van der Waals surface area (Å²) in [5, 5.41) is 55.2. The topological polar surface area (TPSA) is 199 Å². The Labute approximate surface area is 320 Å². The molecule has 306 valence electrons. The van der Waals surface area contributed by atoms with Crippen LogP contribution in [0.4, 0.5) is 0 Å². The molecule has 0 aliphatic carbocycles. The molecule has 0 amide bonds. The second kappa shape index (κ2) is 21.1. The maximum atomic E-state index is 13.7. The monoisotopic (exact) mass is 764 g/mol. The number of ether oxygens (including phenoxy) is 5. The number of rotatable bonds is 10. The van der Waals surface area contributed by atoms with E-state index in [2.05, 4.69) is 0 Å². The van der Waals surface area contributed by atoms with Crippen molar-refractivity contribution in [2.45, 2.75) is 130 Å². The molecule has 0 bridgehead atoms. The Balaban J connectivity index is 2.56. The number of aliphatic carboxylic acids is 1. The van der Waals surface area contributed by atoms with Crippen LogP contribution in [0.1, 0.15) is 81.6 Å². The van der Waals surface area contributed by atoms with Crippen molar-refractivity contribution >= 4 is 17.9 Å². The maximum absolute atomic E-state index is 13.7. The number of cyclic esters (lactones) is 1. The Morgan fingerprint density at radius 2 is 1.72 bits per heavy atom. The smallest absolute Gasteiger partial charge is 0.373 e. The summed E-state index contributed by atoms with van der Waals surface area (Å²) in [7, 11) is 2.76. The summed E-state index contributed by atoms with van der Waals surface area (Å²) >= 11 is 0. The largest absolute Gasteiger partial charge is 0.490 e. The highest BCUT2D eigenvalue weighted by atomic mass is 16.6. The lowest BCUT2D eigenvalue weighted by molar-refractivity contribution is -0.319. The van der Waals surface area contributed by atoms with E-state index >= 15 is 0 Å². The van der Waals surface area contributed by atoms with Crippen molar-refractivity contribution in [1.82, 2.24) is 0 Å². The predicted octanol–water partition coefficient (Wildman–Crippen LogP) is 4.64. The van der Waals surface area contributed by atoms with E-state index in [-0.39, 0.29) is 35.9 Å². The third kappa shape index (κ3) is 12.6. The molecule has 0 aromatic heterocycles. The molecule has 0 saturated carbocycles. The number of esters is 2. The van der Waals surface area contributed by atoms with Crippen LogP contribution in [0.5, 0.6) is 0 Å². The van der Waals surface area contributed by atoms with Crippen LogP contribution in [-0.2, 0) is 38.1 Å². The van der Waals surface area contributed by atoms with E-state index in [4.69, 9.17) is 28.8 Å². The summed E-state index contributed by atoms with van der Waals surface area (Å²) < 4.78 is 28.9. The second-order valence-corrected chi connectivity index (χ2v) is 15.2. The highest BCUT2D eigenvalue weighted by molar-refractivity contribution is 5.90. The summed E-state index contributed by atoms with van der Waals surface area (Å²) in [5.74, 6) is -8.39. The van der Waals surface area contributed by atoms with Crippen LogP contribution in [0.15, 0.2) is 59.4 Å². The van der Waals surface area contributed by atoms with Gasteiger partial charge in [0.05, 0.1) is 31.5 Å². The first-order chi connectivity index (χ1) is 25.2. The van der Waals surface area contributed by atoms with Crippen molar-refractivity contribution in [3.05, 3.63) is 59.4 Å². The van der Waals surface area contributed by atoms with Gasteiger partial charge in [-0.3, -0.25) is 0 Å². The van der Waals surface area contributed by atoms with Crippen LogP contribution in [0.25, 0.3) is 0 Å². The van der Waals surface area contributed by atoms with Gasteiger partial charge in [-0.25, -0.2) is 14.4 Å². The fourth-order valence-electron chi connectivity index (χ4n) is 7.41. The van der Waals surface area contributed by atoms with Gasteiger partial charge in [0.2, 0.25) is 5.76 Å². The average molecular weight is 765 g/mol. The van der Waals surface area contributed by atoms with Crippen LogP contribution in [0, 0.1) is 35.5 Å². The number of hydrogen-bond donors (Lipinski definition) is 5. The first kappa shape index (κ1) is 46.8. The summed E-state index contributed by atoms with van der Waals surface area (Å²) in [5.41, 5.74) is 1.57. The average Bonchev–Trinajstić information content (AvgIpc) is 3.11. The molecule has 1 fully saturated rings.